The molecule has 0 aliphatic heterocycles. The summed E-state index contributed by atoms with van der Waals surface area (Å²) < 4.78 is 0. The second kappa shape index (κ2) is 8.71. The van der Waals surface area contributed by atoms with Crippen molar-refractivity contribution >= 4 is 16.9 Å². The average molecular weight is 379 g/mol. The number of H-pyrrole nitrogens is 1. The molecule has 3 rings (SSSR count). The summed E-state index contributed by atoms with van der Waals surface area (Å²) in [5.74, 6) is 0. The summed E-state index contributed by atoms with van der Waals surface area (Å²) in [5, 5.41) is 13.2. The van der Waals surface area contributed by atoms with E-state index in [0.29, 0.717) is 12.1 Å². The quantitative estimate of drug-likeness (QED) is 0.616. The first-order valence-electron chi connectivity index (χ1n) is 9.28. The zero-order valence-corrected chi connectivity index (χ0v) is 16.2. The Morgan fingerprint density at radius 3 is 2.61 bits per heavy atom. The molecule has 0 aliphatic carbocycles. The highest BCUT2D eigenvalue weighted by Crippen LogP contribution is 2.19. The van der Waals surface area contributed by atoms with E-state index in [1.807, 2.05) is 56.3 Å². The Morgan fingerprint density at radius 2 is 1.89 bits per heavy atom. The predicted molar refractivity (Wildman–Crippen MR) is 110 cm³/mol. The molecule has 0 saturated carbocycles. The zero-order chi connectivity index (χ0) is 20.1. The number of amides is 2. The van der Waals surface area contributed by atoms with Crippen LogP contribution in [0.4, 0.5) is 4.79 Å². The van der Waals surface area contributed by atoms with Crippen molar-refractivity contribution < 1.29 is 9.90 Å². The highest BCUT2D eigenvalue weighted by molar-refractivity contribution is 5.83. The van der Waals surface area contributed by atoms with Gasteiger partial charge in [-0.1, -0.05) is 36.4 Å². The van der Waals surface area contributed by atoms with Gasteiger partial charge in [0.2, 0.25) is 0 Å². The molecular formula is C22H25N3O3. The summed E-state index contributed by atoms with van der Waals surface area (Å²) in [5.41, 5.74) is 4.17. The van der Waals surface area contributed by atoms with Crippen molar-refractivity contribution in [3.63, 3.8) is 0 Å². The van der Waals surface area contributed by atoms with Crippen molar-refractivity contribution in [1.82, 2.24) is 15.2 Å². The highest BCUT2D eigenvalue weighted by atomic mass is 16.3. The Balaban J connectivity index is 1.80. The maximum atomic E-state index is 12.6. The number of carbonyl (C=O) groups excluding carboxylic acids is 1. The Morgan fingerprint density at radius 1 is 1.14 bits per heavy atom. The number of aliphatic hydroxyl groups is 1. The molecule has 3 N–H and O–H groups in total. The molecule has 0 atom stereocenters. The number of benzene rings is 2. The number of nitrogens with one attached hydrogen (secondary N) is 2. The van der Waals surface area contributed by atoms with E-state index in [9.17, 15) is 14.7 Å². The number of fused-ring (bicyclic) bond motifs is 1. The first-order valence-corrected chi connectivity index (χ1v) is 9.28. The fourth-order valence-electron chi connectivity index (χ4n) is 3.30. The van der Waals surface area contributed by atoms with Gasteiger partial charge < -0.3 is 20.3 Å². The van der Waals surface area contributed by atoms with Crippen LogP contribution in [0.3, 0.4) is 0 Å². The predicted octanol–water partition coefficient (Wildman–Crippen LogP) is 2.85. The largest absolute Gasteiger partial charge is 0.395 e. The third kappa shape index (κ3) is 4.58. The number of aromatic nitrogens is 1. The van der Waals surface area contributed by atoms with Gasteiger partial charge in [0.1, 0.15) is 0 Å². The maximum Gasteiger partial charge on any atom is 0.318 e. The van der Waals surface area contributed by atoms with Crippen molar-refractivity contribution in [3.05, 3.63) is 81.1 Å². The molecule has 0 saturated heterocycles. The smallest absolute Gasteiger partial charge is 0.318 e. The topological polar surface area (TPSA) is 85.4 Å². The molecule has 28 heavy (non-hydrogen) atoms. The first-order chi connectivity index (χ1) is 13.5. The van der Waals surface area contributed by atoms with Crippen LogP contribution in [-0.4, -0.2) is 34.2 Å². The molecule has 1 aromatic heterocycles. The van der Waals surface area contributed by atoms with E-state index in [1.165, 1.54) is 4.90 Å². The SMILES string of the molecule is Cc1cc(C)c2cc(CN(CCO)C(=O)NCc3ccccc3)c(=O)[nH]c2c1. The van der Waals surface area contributed by atoms with Crippen molar-refractivity contribution in [2.75, 3.05) is 13.2 Å². The van der Waals surface area contributed by atoms with Crippen molar-refractivity contribution in [2.45, 2.75) is 26.9 Å². The molecule has 146 valence electrons. The molecule has 6 nitrogen and oxygen atoms in total. The molecule has 3 aromatic rings. The van der Waals surface area contributed by atoms with E-state index in [1.54, 1.807) is 0 Å². The Labute approximate surface area is 163 Å². The first kappa shape index (κ1) is 19.6. The van der Waals surface area contributed by atoms with Crippen LogP contribution in [0.15, 0.2) is 53.3 Å². The molecule has 0 spiro atoms. The fourth-order valence-corrected chi connectivity index (χ4v) is 3.30. The summed E-state index contributed by atoms with van der Waals surface area (Å²) in [6, 6.07) is 15.1. The number of nitrogens with zero attached hydrogens (tertiary/aromatic N) is 1. The monoisotopic (exact) mass is 379 g/mol. The average Bonchev–Trinajstić information content (AvgIpc) is 2.67. The molecule has 0 unspecified atom stereocenters. The second-order valence-corrected chi connectivity index (χ2v) is 6.96. The number of aryl methyl sites for hydroxylation is 2. The lowest BCUT2D eigenvalue weighted by molar-refractivity contribution is 0.173. The molecule has 0 aliphatic rings. The molecule has 0 fully saturated rings. The summed E-state index contributed by atoms with van der Waals surface area (Å²) in [7, 11) is 0. The molecule has 1 heterocycles. The van der Waals surface area contributed by atoms with Crippen molar-refractivity contribution in [3.8, 4) is 0 Å². The highest BCUT2D eigenvalue weighted by Gasteiger charge is 2.16. The molecule has 2 amide bonds. The van der Waals surface area contributed by atoms with E-state index in [4.69, 9.17) is 0 Å². The third-order valence-electron chi connectivity index (χ3n) is 4.69. The third-order valence-corrected chi connectivity index (χ3v) is 4.69. The van der Waals surface area contributed by atoms with Gasteiger partial charge in [0.15, 0.2) is 0 Å². The van der Waals surface area contributed by atoms with Gasteiger partial charge in [-0.05, 0) is 42.7 Å². The van der Waals surface area contributed by atoms with Gasteiger partial charge >= 0.3 is 6.03 Å². The van der Waals surface area contributed by atoms with Crippen molar-refractivity contribution in [1.29, 1.82) is 0 Å². The summed E-state index contributed by atoms with van der Waals surface area (Å²) in [6.45, 7) is 4.45. The minimum absolute atomic E-state index is 0.125. The van der Waals surface area contributed by atoms with Crippen molar-refractivity contribution in [2.24, 2.45) is 0 Å². The van der Waals surface area contributed by atoms with Gasteiger partial charge in [-0.2, -0.15) is 0 Å². The number of rotatable bonds is 6. The molecule has 0 bridgehead atoms. The summed E-state index contributed by atoms with van der Waals surface area (Å²) >= 11 is 0. The lowest BCUT2D eigenvalue weighted by Crippen LogP contribution is -2.41. The number of hydrogen-bond acceptors (Lipinski definition) is 3. The van der Waals surface area contributed by atoms with Gasteiger partial charge in [-0.25, -0.2) is 4.79 Å². The number of aliphatic hydroxyl groups excluding tert-OH is 1. The number of hydrogen-bond donors (Lipinski definition) is 3. The number of pyridine rings is 1. The molecule has 0 radical (unpaired) electrons. The van der Waals surface area contributed by atoms with Gasteiger partial charge in [0.25, 0.3) is 5.56 Å². The molecule has 6 heteroatoms. The Kier molecular flexibility index (Phi) is 6.11. The maximum absolute atomic E-state index is 12.6. The lowest BCUT2D eigenvalue weighted by atomic mass is 10.0. The lowest BCUT2D eigenvalue weighted by Gasteiger charge is -2.22. The summed E-state index contributed by atoms with van der Waals surface area (Å²) in [6.07, 6.45) is 0. The van der Waals surface area contributed by atoms with Crippen LogP contribution >= 0.6 is 0 Å². The standard InChI is InChI=1S/C22H25N3O3/c1-15-10-16(2)19-12-18(21(27)24-20(19)11-15)14-25(8-9-26)22(28)23-13-17-6-4-3-5-7-17/h3-7,10-12,26H,8-9,13-14H2,1-2H3,(H,23,28)(H,24,27). The van der Waals surface area contributed by atoms with Gasteiger partial charge in [-0.15, -0.1) is 0 Å². The minimum Gasteiger partial charge on any atom is -0.395 e. The van der Waals surface area contributed by atoms with E-state index >= 15 is 0 Å². The van der Waals surface area contributed by atoms with E-state index < -0.39 is 0 Å². The van der Waals surface area contributed by atoms with Crippen LogP contribution in [0.1, 0.15) is 22.3 Å². The second-order valence-electron chi connectivity index (χ2n) is 6.96. The Bertz CT molecular complexity index is 1030. The van der Waals surface area contributed by atoms with Crippen LogP contribution in [0.5, 0.6) is 0 Å². The molecule has 2 aromatic carbocycles. The number of aromatic amines is 1. The van der Waals surface area contributed by atoms with Crippen LogP contribution < -0.4 is 10.9 Å². The molecular weight excluding hydrogens is 354 g/mol. The van der Waals surface area contributed by atoms with Crippen LogP contribution in [-0.2, 0) is 13.1 Å². The van der Waals surface area contributed by atoms with Crippen LogP contribution in [0, 0.1) is 13.8 Å². The van der Waals surface area contributed by atoms with Gasteiger partial charge in [-0.3, -0.25) is 4.79 Å². The number of urea groups is 1. The van der Waals surface area contributed by atoms with E-state index in [-0.39, 0.29) is 31.3 Å². The Hall–Kier alpha value is -3.12. The van der Waals surface area contributed by atoms with Gasteiger partial charge in [0.05, 0.1) is 13.2 Å². The zero-order valence-electron chi connectivity index (χ0n) is 16.2. The minimum atomic E-state index is -0.321. The van der Waals surface area contributed by atoms with Crippen LogP contribution in [0.2, 0.25) is 0 Å². The van der Waals surface area contributed by atoms with E-state index in [0.717, 1.165) is 27.6 Å². The normalized spacial score (nSPS) is 10.8. The van der Waals surface area contributed by atoms with Crippen LogP contribution in [0.25, 0.3) is 10.9 Å². The van der Waals surface area contributed by atoms with Gasteiger partial charge in [0, 0.05) is 29.6 Å². The van der Waals surface area contributed by atoms with E-state index in [2.05, 4.69) is 16.4 Å². The fraction of sp³-hybridized carbons (Fsp3) is 0.273. The summed E-state index contributed by atoms with van der Waals surface area (Å²) in [4.78, 5) is 29.5. The number of carbonyl (C=O) groups is 1.